The zero-order valence-corrected chi connectivity index (χ0v) is 10.1. The fourth-order valence-corrected chi connectivity index (χ4v) is 1.41. The molecule has 0 amide bonds. The van der Waals surface area contributed by atoms with Crippen molar-refractivity contribution in [2.24, 2.45) is 10.9 Å². The molecule has 1 aromatic carbocycles. The van der Waals surface area contributed by atoms with Crippen LogP contribution in [-0.4, -0.2) is 23.8 Å². The van der Waals surface area contributed by atoms with Gasteiger partial charge in [0.2, 0.25) is 0 Å². The number of nitrogens with zero attached hydrogens (tertiary/aromatic N) is 1. The molecule has 0 radical (unpaired) electrons. The second-order valence-electron chi connectivity index (χ2n) is 3.63. The van der Waals surface area contributed by atoms with E-state index in [4.69, 9.17) is 20.4 Å². The van der Waals surface area contributed by atoms with Crippen LogP contribution in [0.25, 0.3) is 0 Å². The van der Waals surface area contributed by atoms with Crippen molar-refractivity contribution in [1.29, 1.82) is 0 Å². The standard InChI is InChI=1S/C12H18N2O3/c1-3-16-10-5-4-6-11(8-10)17-9(2)7-12(13)14-15/h4-6,8-9,15H,3,7H2,1-2H3,(H2,13,14). The van der Waals surface area contributed by atoms with Crippen LogP contribution >= 0.6 is 0 Å². The monoisotopic (exact) mass is 238 g/mol. The average Bonchev–Trinajstić information content (AvgIpc) is 2.29. The van der Waals surface area contributed by atoms with E-state index in [9.17, 15) is 0 Å². The molecule has 0 spiro atoms. The average molecular weight is 238 g/mol. The first kappa shape index (κ1) is 13.2. The molecule has 0 aliphatic carbocycles. The van der Waals surface area contributed by atoms with Crippen LogP contribution in [0.1, 0.15) is 20.3 Å². The molecular formula is C12H18N2O3. The summed E-state index contributed by atoms with van der Waals surface area (Å²) in [4.78, 5) is 0. The molecule has 1 rings (SSSR count). The number of benzene rings is 1. The lowest BCUT2D eigenvalue weighted by atomic mass is 10.2. The number of hydrogen-bond donors (Lipinski definition) is 2. The SMILES string of the molecule is CCOc1cccc(OC(C)CC(N)=NO)c1. The Morgan fingerprint density at radius 2 is 2.18 bits per heavy atom. The molecule has 0 heterocycles. The molecule has 0 bridgehead atoms. The van der Waals surface area contributed by atoms with E-state index < -0.39 is 0 Å². The van der Waals surface area contributed by atoms with E-state index >= 15 is 0 Å². The number of hydrogen-bond acceptors (Lipinski definition) is 4. The lowest BCUT2D eigenvalue weighted by molar-refractivity contribution is 0.225. The van der Waals surface area contributed by atoms with E-state index in [2.05, 4.69) is 5.16 Å². The summed E-state index contributed by atoms with van der Waals surface area (Å²) in [5.41, 5.74) is 5.40. The van der Waals surface area contributed by atoms with Crippen LogP contribution < -0.4 is 15.2 Å². The molecule has 17 heavy (non-hydrogen) atoms. The van der Waals surface area contributed by atoms with Gasteiger partial charge in [-0.15, -0.1) is 0 Å². The van der Waals surface area contributed by atoms with Gasteiger partial charge in [-0.3, -0.25) is 0 Å². The fraction of sp³-hybridized carbons (Fsp3) is 0.417. The van der Waals surface area contributed by atoms with Crippen LogP contribution in [0.5, 0.6) is 11.5 Å². The smallest absolute Gasteiger partial charge is 0.142 e. The van der Waals surface area contributed by atoms with E-state index in [-0.39, 0.29) is 11.9 Å². The minimum Gasteiger partial charge on any atom is -0.494 e. The van der Waals surface area contributed by atoms with Gasteiger partial charge in [-0.2, -0.15) is 0 Å². The minimum absolute atomic E-state index is 0.151. The van der Waals surface area contributed by atoms with Gasteiger partial charge in [0.15, 0.2) is 0 Å². The molecule has 0 aliphatic heterocycles. The first-order valence-corrected chi connectivity index (χ1v) is 5.51. The molecule has 5 heteroatoms. The van der Waals surface area contributed by atoms with Crippen molar-refractivity contribution in [1.82, 2.24) is 0 Å². The van der Waals surface area contributed by atoms with Crippen molar-refractivity contribution >= 4 is 5.84 Å². The summed E-state index contributed by atoms with van der Waals surface area (Å²) in [6, 6.07) is 7.37. The van der Waals surface area contributed by atoms with E-state index in [1.165, 1.54) is 0 Å². The number of nitrogens with two attached hydrogens (primary N) is 1. The van der Waals surface area contributed by atoms with E-state index in [1.807, 2.05) is 38.1 Å². The van der Waals surface area contributed by atoms with Gasteiger partial charge < -0.3 is 20.4 Å². The Morgan fingerprint density at radius 3 is 2.82 bits per heavy atom. The minimum atomic E-state index is -0.164. The Balaban J connectivity index is 2.58. The second-order valence-corrected chi connectivity index (χ2v) is 3.63. The molecule has 0 aliphatic rings. The van der Waals surface area contributed by atoms with E-state index in [0.717, 1.165) is 5.75 Å². The Labute approximate surface area is 101 Å². The molecule has 1 atom stereocenters. The zero-order chi connectivity index (χ0) is 12.7. The van der Waals surface area contributed by atoms with Gasteiger partial charge in [0.25, 0.3) is 0 Å². The van der Waals surface area contributed by atoms with Crippen LogP contribution in [0.15, 0.2) is 29.4 Å². The highest BCUT2D eigenvalue weighted by Crippen LogP contribution is 2.20. The largest absolute Gasteiger partial charge is 0.494 e. The molecule has 0 aromatic heterocycles. The molecule has 94 valence electrons. The maximum atomic E-state index is 8.45. The summed E-state index contributed by atoms with van der Waals surface area (Å²) in [6.45, 7) is 4.39. The van der Waals surface area contributed by atoms with Gasteiger partial charge >= 0.3 is 0 Å². The summed E-state index contributed by atoms with van der Waals surface area (Å²) in [5.74, 6) is 1.62. The summed E-state index contributed by atoms with van der Waals surface area (Å²) in [7, 11) is 0. The fourth-order valence-electron chi connectivity index (χ4n) is 1.41. The maximum absolute atomic E-state index is 8.45. The Morgan fingerprint density at radius 1 is 1.47 bits per heavy atom. The van der Waals surface area contributed by atoms with Gasteiger partial charge in [-0.1, -0.05) is 11.2 Å². The van der Waals surface area contributed by atoms with Gasteiger partial charge in [0.05, 0.1) is 6.61 Å². The van der Waals surface area contributed by atoms with Crippen LogP contribution in [-0.2, 0) is 0 Å². The van der Waals surface area contributed by atoms with E-state index in [1.54, 1.807) is 0 Å². The van der Waals surface area contributed by atoms with Crippen LogP contribution in [0.3, 0.4) is 0 Å². The first-order valence-electron chi connectivity index (χ1n) is 5.51. The van der Waals surface area contributed by atoms with Crippen molar-refractivity contribution in [2.75, 3.05) is 6.61 Å². The Kier molecular flexibility index (Phi) is 5.13. The predicted molar refractivity (Wildman–Crippen MR) is 65.7 cm³/mol. The highest BCUT2D eigenvalue weighted by atomic mass is 16.5. The van der Waals surface area contributed by atoms with Crippen molar-refractivity contribution < 1.29 is 14.7 Å². The van der Waals surface area contributed by atoms with Crippen LogP contribution in [0.2, 0.25) is 0 Å². The van der Waals surface area contributed by atoms with Crippen LogP contribution in [0, 0.1) is 0 Å². The molecule has 1 aromatic rings. The van der Waals surface area contributed by atoms with Gasteiger partial charge in [0, 0.05) is 12.5 Å². The summed E-state index contributed by atoms with van der Waals surface area (Å²) >= 11 is 0. The van der Waals surface area contributed by atoms with Gasteiger partial charge in [-0.05, 0) is 26.0 Å². The third-order valence-corrected chi connectivity index (χ3v) is 2.08. The number of oxime groups is 1. The maximum Gasteiger partial charge on any atom is 0.142 e. The van der Waals surface area contributed by atoms with Crippen molar-refractivity contribution in [3.8, 4) is 11.5 Å². The third-order valence-electron chi connectivity index (χ3n) is 2.08. The zero-order valence-electron chi connectivity index (χ0n) is 10.1. The summed E-state index contributed by atoms with van der Waals surface area (Å²) in [5, 5.41) is 11.4. The number of rotatable bonds is 6. The normalized spacial score (nSPS) is 13.2. The topological polar surface area (TPSA) is 77.1 Å². The van der Waals surface area contributed by atoms with Crippen molar-refractivity contribution in [3.63, 3.8) is 0 Å². The molecule has 0 saturated carbocycles. The summed E-state index contributed by atoms with van der Waals surface area (Å²) < 4.78 is 11.0. The van der Waals surface area contributed by atoms with Gasteiger partial charge in [0.1, 0.15) is 23.4 Å². The highest BCUT2D eigenvalue weighted by Gasteiger charge is 2.07. The molecule has 1 unspecified atom stereocenters. The number of amidine groups is 1. The molecule has 0 fully saturated rings. The lowest BCUT2D eigenvalue weighted by Crippen LogP contribution is -2.22. The molecule has 5 nitrogen and oxygen atoms in total. The van der Waals surface area contributed by atoms with Crippen LogP contribution in [0.4, 0.5) is 0 Å². The third kappa shape index (κ3) is 4.63. The number of ether oxygens (including phenoxy) is 2. The molecular weight excluding hydrogens is 220 g/mol. The first-order chi connectivity index (χ1) is 8.15. The quantitative estimate of drug-likeness (QED) is 0.344. The van der Waals surface area contributed by atoms with Gasteiger partial charge in [-0.25, -0.2) is 0 Å². The Hall–Kier alpha value is -1.91. The second kappa shape index (κ2) is 6.62. The van der Waals surface area contributed by atoms with Crippen molar-refractivity contribution in [3.05, 3.63) is 24.3 Å². The van der Waals surface area contributed by atoms with E-state index in [0.29, 0.717) is 18.8 Å². The molecule has 0 saturated heterocycles. The summed E-state index contributed by atoms with van der Waals surface area (Å²) in [6.07, 6.45) is 0.206. The predicted octanol–water partition coefficient (Wildman–Crippen LogP) is 1.99. The lowest BCUT2D eigenvalue weighted by Gasteiger charge is -2.14. The molecule has 3 N–H and O–H groups in total. The highest BCUT2D eigenvalue weighted by molar-refractivity contribution is 5.80. The Bertz CT molecular complexity index is 380. The van der Waals surface area contributed by atoms with Crippen molar-refractivity contribution in [2.45, 2.75) is 26.4 Å².